The summed E-state index contributed by atoms with van der Waals surface area (Å²) in [6.07, 6.45) is 0.343. The highest BCUT2D eigenvalue weighted by molar-refractivity contribution is 5.95. The molecule has 0 radical (unpaired) electrons. The normalized spacial score (nSPS) is 12.2. The lowest BCUT2D eigenvalue weighted by molar-refractivity contribution is -0.117. The first-order valence-corrected chi connectivity index (χ1v) is 8.41. The number of aromatic amines is 1. The molecule has 2 aromatic carbocycles. The van der Waals surface area contributed by atoms with Gasteiger partial charge in [-0.25, -0.2) is 4.39 Å². The van der Waals surface area contributed by atoms with E-state index in [-0.39, 0.29) is 11.7 Å². The van der Waals surface area contributed by atoms with Crippen LogP contribution in [0.2, 0.25) is 0 Å². The van der Waals surface area contributed by atoms with E-state index in [0.717, 1.165) is 5.56 Å². The number of H-pyrrole nitrogens is 1. The number of nitrogens with zero attached hydrogens (tertiary/aromatic N) is 3. The lowest BCUT2D eigenvalue weighted by atomic mass is 9.97. The average molecular weight is 353 g/mol. The molecule has 2 N–H and O–H groups in total. The Bertz CT molecular complexity index is 845. The molecule has 6 nitrogen and oxygen atoms in total. The smallest absolute Gasteiger partial charge is 0.235 e. The van der Waals surface area contributed by atoms with Crippen LogP contribution in [0.4, 0.5) is 10.1 Å². The minimum absolute atomic E-state index is 0.243. The molecule has 0 saturated carbocycles. The molecular weight excluding hydrogens is 333 g/mol. The quantitative estimate of drug-likeness (QED) is 0.711. The van der Waals surface area contributed by atoms with Crippen LogP contribution in [-0.2, 0) is 11.2 Å². The van der Waals surface area contributed by atoms with Crippen LogP contribution in [0.5, 0.6) is 0 Å². The molecule has 3 aromatic rings. The predicted molar refractivity (Wildman–Crippen MR) is 96.2 cm³/mol. The minimum atomic E-state index is -0.635. The summed E-state index contributed by atoms with van der Waals surface area (Å²) in [5.74, 6) is -0.479. The van der Waals surface area contributed by atoms with Gasteiger partial charge in [0.05, 0.1) is 0 Å². The fourth-order valence-electron chi connectivity index (χ4n) is 2.66. The van der Waals surface area contributed by atoms with Gasteiger partial charge in [0.15, 0.2) is 5.82 Å². The molecule has 0 aliphatic heterocycles. The van der Waals surface area contributed by atoms with Crippen molar-refractivity contribution >= 4 is 11.6 Å². The van der Waals surface area contributed by atoms with Gasteiger partial charge in [-0.05, 0) is 47.7 Å². The second-order valence-electron chi connectivity index (χ2n) is 6.42. The number of rotatable bonds is 6. The van der Waals surface area contributed by atoms with E-state index in [1.165, 1.54) is 17.7 Å². The largest absolute Gasteiger partial charge is 0.325 e. The molecule has 0 unspecified atom stereocenters. The van der Waals surface area contributed by atoms with Crippen molar-refractivity contribution in [2.45, 2.75) is 32.1 Å². The van der Waals surface area contributed by atoms with Gasteiger partial charge in [0.2, 0.25) is 5.91 Å². The van der Waals surface area contributed by atoms with Crippen molar-refractivity contribution in [3.05, 3.63) is 71.3 Å². The van der Waals surface area contributed by atoms with E-state index in [4.69, 9.17) is 0 Å². The van der Waals surface area contributed by atoms with E-state index in [9.17, 15) is 9.18 Å². The zero-order chi connectivity index (χ0) is 18.5. The number of halogens is 1. The molecule has 134 valence electrons. The number of carbonyl (C=O) groups excluding carboxylic acids is 1. The van der Waals surface area contributed by atoms with Crippen LogP contribution in [0.3, 0.4) is 0 Å². The van der Waals surface area contributed by atoms with Gasteiger partial charge >= 0.3 is 0 Å². The fraction of sp³-hybridized carbons (Fsp3) is 0.263. The fourth-order valence-corrected chi connectivity index (χ4v) is 2.66. The Morgan fingerprint density at radius 2 is 1.81 bits per heavy atom. The van der Waals surface area contributed by atoms with Crippen LogP contribution in [0.15, 0.2) is 48.5 Å². The molecule has 0 bridgehead atoms. The molecule has 0 fully saturated rings. The van der Waals surface area contributed by atoms with Crippen molar-refractivity contribution in [1.82, 2.24) is 20.6 Å². The molecule has 0 aliphatic carbocycles. The summed E-state index contributed by atoms with van der Waals surface area (Å²) < 4.78 is 13.1. The Balaban J connectivity index is 1.77. The Morgan fingerprint density at radius 3 is 2.38 bits per heavy atom. The number of tetrazole rings is 1. The van der Waals surface area contributed by atoms with Crippen molar-refractivity contribution < 1.29 is 9.18 Å². The third-order valence-electron chi connectivity index (χ3n) is 4.19. The second kappa shape index (κ2) is 7.86. The van der Waals surface area contributed by atoms with Gasteiger partial charge in [-0.15, -0.1) is 10.2 Å². The van der Waals surface area contributed by atoms with Crippen LogP contribution in [0.1, 0.15) is 42.6 Å². The van der Waals surface area contributed by atoms with Crippen molar-refractivity contribution in [2.75, 3.05) is 5.32 Å². The summed E-state index contributed by atoms with van der Waals surface area (Å²) >= 11 is 0. The number of amides is 1. The van der Waals surface area contributed by atoms with E-state index in [0.29, 0.717) is 23.9 Å². The molecule has 1 atom stereocenters. The summed E-state index contributed by atoms with van der Waals surface area (Å²) in [4.78, 5) is 12.8. The maximum atomic E-state index is 13.1. The number of aromatic nitrogens is 4. The molecule has 1 amide bonds. The molecule has 0 spiro atoms. The SMILES string of the molecule is CC(C)c1ccc(NC(=O)[C@@H](Cc2ccc(F)cc2)c2nn[nH]n2)cc1. The van der Waals surface area contributed by atoms with Crippen molar-refractivity contribution in [3.8, 4) is 0 Å². The van der Waals surface area contributed by atoms with Crippen LogP contribution in [0, 0.1) is 5.82 Å². The third kappa shape index (κ3) is 4.30. The van der Waals surface area contributed by atoms with E-state index in [1.807, 2.05) is 24.3 Å². The van der Waals surface area contributed by atoms with Crippen LogP contribution in [0.25, 0.3) is 0 Å². The van der Waals surface area contributed by atoms with Crippen molar-refractivity contribution in [3.63, 3.8) is 0 Å². The molecule has 7 heteroatoms. The van der Waals surface area contributed by atoms with Gasteiger partial charge in [-0.2, -0.15) is 5.21 Å². The molecule has 1 heterocycles. The van der Waals surface area contributed by atoms with Crippen LogP contribution >= 0.6 is 0 Å². The van der Waals surface area contributed by atoms with E-state index >= 15 is 0 Å². The maximum Gasteiger partial charge on any atom is 0.235 e. The standard InChI is InChI=1S/C19H20FN5O/c1-12(2)14-5-9-16(10-6-14)21-19(26)17(18-22-24-25-23-18)11-13-3-7-15(20)8-4-13/h3-10,12,17H,11H2,1-2H3,(H,21,26)(H,22,23,24,25)/t17-/m0/s1. The zero-order valence-corrected chi connectivity index (χ0v) is 14.6. The highest BCUT2D eigenvalue weighted by atomic mass is 19.1. The summed E-state index contributed by atoms with van der Waals surface area (Å²) in [5, 5.41) is 16.7. The van der Waals surface area contributed by atoms with Crippen LogP contribution in [-0.4, -0.2) is 26.5 Å². The second-order valence-corrected chi connectivity index (χ2v) is 6.42. The molecule has 1 aromatic heterocycles. The topological polar surface area (TPSA) is 83.6 Å². The molecular formula is C19H20FN5O. The van der Waals surface area contributed by atoms with E-state index < -0.39 is 5.92 Å². The van der Waals surface area contributed by atoms with E-state index in [2.05, 4.69) is 39.8 Å². The van der Waals surface area contributed by atoms with Crippen LogP contribution < -0.4 is 5.32 Å². The predicted octanol–water partition coefficient (Wildman–Crippen LogP) is 3.43. The van der Waals surface area contributed by atoms with Gasteiger partial charge in [-0.1, -0.05) is 43.3 Å². The highest BCUT2D eigenvalue weighted by Gasteiger charge is 2.25. The lowest BCUT2D eigenvalue weighted by Crippen LogP contribution is -2.24. The first-order valence-electron chi connectivity index (χ1n) is 8.41. The number of carbonyl (C=O) groups is 1. The summed E-state index contributed by atoms with van der Waals surface area (Å²) in [5.41, 5.74) is 2.71. The number of nitrogens with one attached hydrogen (secondary N) is 2. The van der Waals surface area contributed by atoms with Crippen molar-refractivity contribution in [1.29, 1.82) is 0 Å². The third-order valence-corrected chi connectivity index (χ3v) is 4.19. The Kier molecular flexibility index (Phi) is 5.36. The highest BCUT2D eigenvalue weighted by Crippen LogP contribution is 2.22. The number of anilines is 1. The van der Waals surface area contributed by atoms with Gasteiger partial charge in [0, 0.05) is 5.69 Å². The molecule has 0 saturated heterocycles. The minimum Gasteiger partial charge on any atom is -0.325 e. The van der Waals surface area contributed by atoms with Gasteiger partial charge in [-0.3, -0.25) is 4.79 Å². The van der Waals surface area contributed by atoms with Gasteiger partial charge < -0.3 is 5.32 Å². The lowest BCUT2D eigenvalue weighted by Gasteiger charge is -2.14. The maximum absolute atomic E-state index is 13.1. The molecule has 0 aliphatic rings. The monoisotopic (exact) mass is 353 g/mol. The first kappa shape index (κ1) is 17.7. The summed E-state index contributed by atoms with van der Waals surface area (Å²) in [6, 6.07) is 13.8. The number of hydrogen-bond acceptors (Lipinski definition) is 4. The van der Waals surface area contributed by atoms with Crippen molar-refractivity contribution in [2.24, 2.45) is 0 Å². The first-order chi connectivity index (χ1) is 12.5. The Hall–Kier alpha value is -3.09. The number of hydrogen-bond donors (Lipinski definition) is 2. The average Bonchev–Trinajstić information content (AvgIpc) is 3.16. The molecule has 26 heavy (non-hydrogen) atoms. The molecule has 3 rings (SSSR count). The Morgan fingerprint density at radius 1 is 1.12 bits per heavy atom. The van der Waals surface area contributed by atoms with Gasteiger partial charge in [0.1, 0.15) is 11.7 Å². The summed E-state index contributed by atoms with van der Waals surface area (Å²) in [7, 11) is 0. The van der Waals surface area contributed by atoms with E-state index in [1.54, 1.807) is 12.1 Å². The summed E-state index contributed by atoms with van der Waals surface area (Å²) in [6.45, 7) is 4.23. The Labute approximate surface area is 150 Å². The zero-order valence-electron chi connectivity index (χ0n) is 14.6. The number of benzene rings is 2. The van der Waals surface area contributed by atoms with Gasteiger partial charge in [0.25, 0.3) is 0 Å².